The highest BCUT2D eigenvalue weighted by Crippen LogP contribution is 2.49. The van der Waals surface area contributed by atoms with Crippen LogP contribution in [0.1, 0.15) is 52.6 Å². The first-order valence-corrected chi connectivity index (χ1v) is 18.2. The van der Waals surface area contributed by atoms with Gasteiger partial charge >= 0.3 is 0 Å². The highest BCUT2D eigenvalue weighted by Gasteiger charge is 2.42. The minimum atomic E-state index is -0.430. The maximum Gasteiger partial charge on any atom is 0.131 e. The van der Waals surface area contributed by atoms with Crippen LogP contribution in [0.25, 0.3) is 27.5 Å². The van der Waals surface area contributed by atoms with Crippen molar-refractivity contribution >= 4 is 39.0 Å². The molecule has 7 aromatic carbocycles. The van der Waals surface area contributed by atoms with E-state index in [9.17, 15) is 0 Å². The number of nitrogens with zero attached hydrogens (tertiary/aromatic N) is 3. The topological polar surface area (TPSA) is 53.7 Å². The lowest BCUT2D eigenvalue weighted by Gasteiger charge is -2.32. The van der Waals surface area contributed by atoms with E-state index in [0.29, 0.717) is 0 Å². The van der Waals surface area contributed by atoms with Crippen LogP contribution in [0.15, 0.2) is 192 Å². The summed E-state index contributed by atoms with van der Waals surface area (Å²) in [7, 11) is 0. The zero-order chi connectivity index (χ0) is 35.4. The first kappa shape index (κ1) is 31.2. The molecule has 2 aliphatic rings. The number of nitrogens with one attached hydrogen (secondary N) is 2. The Balaban J connectivity index is 1.10. The van der Waals surface area contributed by atoms with Crippen LogP contribution < -0.4 is 10.6 Å². The maximum absolute atomic E-state index is 5.39. The highest BCUT2D eigenvalue weighted by molar-refractivity contribution is 6.18. The fourth-order valence-electron chi connectivity index (χ4n) is 8.24. The van der Waals surface area contributed by atoms with Gasteiger partial charge in [-0.2, -0.15) is 0 Å². The van der Waals surface area contributed by atoms with Crippen molar-refractivity contribution in [1.82, 2.24) is 15.2 Å². The van der Waals surface area contributed by atoms with E-state index in [0.717, 1.165) is 50.7 Å². The molecular weight excluding hydrogens is 647 g/mol. The van der Waals surface area contributed by atoms with Gasteiger partial charge in [0.25, 0.3) is 0 Å². The number of fused-ring (bicyclic) bond motifs is 4. The minimum Gasteiger partial charge on any atom is -0.350 e. The quantitative estimate of drug-likeness (QED) is 0.183. The van der Waals surface area contributed by atoms with Crippen LogP contribution in [0.5, 0.6) is 0 Å². The van der Waals surface area contributed by atoms with Gasteiger partial charge in [-0.15, -0.1) is 0 Å². The Morgan fingerprint density at radius 2 is 1.19 bits per heavy atom. The van der Waals surface area contributed by atoms with Gasteiger partial charge in [-0.05, 0) is 77.2 Å². The number of benzene rings is 7. The van der Waals surface area contributed by atoms with E-state index in [-0.39, 0.29) is 12.3 Å². The molecule has 0 spiro atoms. The molecular formula is C48H37N5. The minimum absolute atomic E-state index is 0.0880. The Kier molecular flexibility index (Phi) is 7.41. The predicted molar refractivity (Wildman–Crippen MR) is 217 cm³/mol. The first-order chi connectivity index (χ1) is 26.1. The lowest BCUT2D eigenvalue weighted by Crippen LogP contribution is -2.44. The molecule has 5 nitrogen and oxygen atoms in total. The molecule has 2 aliphatic heterocycles. The molecule has 1 aromatic heterocycles. The summed E-state index contributed by atoms with van der Waals surface area (Å²) in [6.45, 7) is 2.33. The summed E-state index contributed by atoms with van der Waals surface area (Å²) in [5.74, 6) is 0.863. The SMILES string of the molecule is CC1(c2ccccc2)C(c2ccccc2)=Nc2cc3c4ccccc4n(-c4ccc(C5=NC(c6ccccc6)NC(c6ccccc6)N5)cc4)c3cc21. The van der Waals surface area contributed by atoms with Crippen LogP contribution in [-0.4, -0.2) is 16.1 Å². The van der Waals surface area contributed by atoms with Crippen molar-refractivity contribution < 1.29 is 0 Å². The van der Waals surface area contributed by atoms with E-state index in [4.69, 9.17) is 9.98 Å². The number of amidine groups is 1. The van der Waals surface area contributed by atoms with Gasteiger partial charge in [0.1, 0.15) is 18.2 Å². The van der Waals surface area contributed by atoms with Gasteiger partial charge in [0.15, 0.2) is 0 Å². The molecule has 10 rings (SSSR count). The van der Waals surface area contributed by atoms with Crippen molar-refractivity contribution in [2.75, 3.05) is 0 Å². The maximum atomic E-state index is 5.39. The van der Waals surface area contributed by atoms with Gasteiger partial charge in [0.2, 0.25) is 0 Å². The van der Waals surface area contributed by atoms with E-state index in [1.54, 1.807) is 0 Å². The molecule has 0 amide bonds. The van der Waals surface area contributed by atoms with Crippen molar-refractivity contribution in [3.63, 3.8) is 0 Å². The molecule has 254 valence electrons. The molecule has 3 atom stereocenters. The van der Waals surface area contributed by atoms with Crippen LogP contribution in [-0.2, 0) is 5.41 Å². The molecule has 0 bridgehead atoms. The van der Waals surface area contributed by atoms with Gasteiger partial charge in [0, 0.05) is 22.0 Å². The van der Waals surface area contributed by atoms with Crippen LogP contribution in [0, 0.1) is 0 Å². The second kappa shape index (κ2) is 12.6. The van der Waals surface area contributed by atoms with Crippen molar-refractivity contribution in [2.24, 2.45) is 9.98 Å². The third-order valence-electron chi connectivity index (χ3n) is 10.9. The lowest BCUT2D eigenvalue weighted by molar-refractivity contribution is 0.409. The van der Waals surface area contributed by atoms with E-state index >= 15 is 0 Å². The molecule has 2 N–H and O–H groups in total. The Morgan fingerprint density at radius 1 is 0.566 bits per heavy atom. The molecule has 0 radical (unpaired) electrons. The van der Waals surface area contributed by atoms with Crippen molar-refractivity contribution in [1.29, 1.82) is 0 Å². The summed E-state index contributed by atoms with van der Waals surface area (Å²) in [6, 6.07) is 64.6. The largest absolute Gasteiger partial charge is 0.350 e. The average molecular weight is 684 g/mol. The second-order valence-electron chi connectivity index (χ2n) is 14.0. The molecule has 3 unspecified atom stereocenters. The Morgan fingerprint density at radius 3 is 1.91 bits per heavy atom. The van der Waals surface area contributed by atoms with Gasteiger partial charge in [-0.1, -0.05) is 140 Å². The normalized spacial score (nSPS) is 19.4. The van der Waals surface area contributed by atoms with Crippen LogP contribution in [0.3, 0.4) is 0 Å². The third-order valence-corrected chi connectivity index (χ3v) is 10.9. The summed E-state index contributed by atoms with van der Waals surface area (Å²) < 4.78 is 2.40. The van der Waals surface area contributed by atoms with Crippen LogP contribution in [0.2, 0.25) is 0 Å². The third kappa shape index (κ3) is 5.20. The van der Waals surface area contributed by atoms with Crippen molar-refractivity contribution in [3.8, 4) is 5.69 Å². The monoisotopic (exact) mass is 683 g/mol. The summed E-state index contributed by atoms with van der Waals surface area (Å²) in [5.41, 5.74) is 12.0. The lowest BCUT2D eigenvalue weighted by atomic mass is 9.71. The summed E-state index contributed by atoms with van der Waals surface area (Å²) in [4.78, 5) is 10.6. The van der Waals surface area contributed by atoms with Crippen LogP contribution in [0.4, 0.5) is 5.69 Å². The zero-order valence-corrected chi connectivity index (χ0v) is 29.3. The Labute approximate surface area is 309 Å². The molecule has 5 heteroatoms. The number of rotatable bonds is 6. The smallest absolute Gasteiger partial charge is 0.131 e. The molecule has 0 saturated carbocycles. The molecule has 3 heterocycles. The Bertz CT molecular complexity index is 2660. The Hall–Kier alpha value is -6.56. The fourth-order valence-corrected chi connectivity index (χ4v) is 8.24. The molecule has 0 fully saturated rings. The number of para-hydroxylation sites is 1. The standard InChI is InChI=1S/C48H37N5/c1-48(36-22-12-5-13-23-36)40-31-43-39(30-41(40)49-44(48)32-16-6-2-7-17-32)38-24-14-15-25-42(38)53(43)37-28-26-35(27-29-37)47-51-45(33-18-8-3-9-19-33)50-46(52-47)34-20-10-4-11-21-34/h2-31,45-46,50H,1H3,(H,51,52). The molecule has 8 aromatic rings. The van der Waals surface area contributed by atoms with Crippen LogP contribution >= 0.6 is 0 Å². The van der Waals surface area contributed by atoms with E-state index in [2.05, 4.69) is 198 Å². The summed E-state index contributed by atoms with van der Waals surface area (Å²) >= 11 is 0. The number of hydrogen-bond acceptors (Lipinski definition) is 4. The number of aromatic nitrogens is 1. The first-order valence-electron chi connectivity index (χ1n) is 18.2. The van der Waals surface area contributed by atoms with E-state index < -0.39 is 5.41 Å². The van der Waals surface area contributed by atoms with Gasteiger partial charge in [-0.25, -0.2) is 4.99 Å². The molecule has 53 heavy (non-hydrogen) atoms. The summed E-state index contributed by atoms with van der Waals surface area (Å²) in [6.07, 6.45) is -0.270. The van der Waals surface area contributed by atoms with E-state index in [1.165, 1.54) is 27.4 Å². The van der Waals surface area contributed by atoms with E-state index in [1.807, 2.05) is 6.07 Å². The highest BCUT2D eigenvalue weighted by atomic mass is 15.3. The predicted octanol–water partition coefficient (Wildman–Crippen LogP) is 10.6. The van der Waals surface area contributed by atoms with Crippen molar-refractivity contribution in [3.05, 3.63) is 215 Å². The van der Waals surface area contributed by atoms with Gasteiger partial charge in [0.05, 0.1) is 27.8 Å². The van der Waals surface area contributed by atoms with Gasteiger partial charge in [-0.3, -0.25) is 10.3 Å². The number of aliphatic imine (C=N–C) groups is 2. The van der Waals surface area contributed by atoms with Gasteiger partial charge < -0.3 is 9.88 Å². The molecule has 0 saturated heterocycles. The average Bonchev–Trinajstić information content (AvgIpc) is 3.72. The van der Waals surface area contributed by atoms with Crippen molar-refractivity contribution in [2.45, 2.75) is 24.7 Å². The summed E-state index contributed by atoms with van der Waals surface area (Å²) in [5, 5.41) is 9.79. The second-order valence-corrected chi connectivity index (χ2v) is 14.0. The zero-order valence-electron chi connectivity index (χ0n) is 29.3. The number of hydrogen-bond donors (Lipinski definition) is 2. The molecule has 0 aliphatic carbocycles. The fraction of sp³-hybridized carbons (Fsp3) is 0.0833.